The first-order valence-electron chi connectivity index (χ1n) is 4.02. The number of hydrogen-bond acceptors (Lipinski definition) is 3. The predicted molar refractivity (Wildman–Crippen MR) is 63.3 cm³/mol. The minimum atomic E-state index is -0.693. The number of halogens is 2. The number of primary amides is 1. The smallest absolute Gasteiger partial charge is 0.251 e. The molecule has 82 valence electrons. The van der Waals surface area contributed by atoms with Gasteiger partial charge in [-0.1, -0.05) is 0 Å². The van der Waals surface area contributed by atoms with Crippen molar-refractivity contribution in [3.63, 3.8) is 0 Å². The average molecular weight is 324 g/mol. The highest BCUT2D eigenvalue weighted by Crippen LogP contribution is 2.35. The van der Waals surface area contributed by atoms with E-state index in [0.29, 0.717) is 5.56 Å². The molecule has 0 unspecified atom stereocenters. The van der Waals surface area contributed by atoms with Crippen LogP contribution in [0.2, 0.25) is 0 Å². The number of carbonyl (C=O) groups is 1. The number of amides is 1. The van der Waals surface area contributed by atoms with Crippen molar-refractivity contribution in [2.24, 2.45) is 5.73 Å². The van der Waals surface area contributed by atoms with Gasteiger partial charge in [-0.05, 0) is 35.1 Å². The molecule has 1 aromatic rings. The molecule has 6 heteroatoms. The topological polar surface area (TPSA) is 78.3 Å². The van der Waals surface area contributed by atoms with Crippen molar-refractivity contribution < 1.29 is 13.9 Å². The fraction of sp³-hybridized carbons (Fsp3) is 0.222. The van der Waals surface area contributed by atoms with Gasteiger partial charge in [-0.2, -0.15) is 0 Å². The molecule has 0 aliphatic rings. The van der Waals surface area contributed by atoms with E-state index < -0.39 is 11.7 Å². The van der Waals surface area contributed by atoms with Crippen molar-refractivity contribution in [3.8, 4) is 5.75 Å². The van der Waals surface area contributed by atoms with Crippen LogP contribution in [0.5, 0.6) is 5.75 Å². The summed E-state index contributed by atoms with van der Waals surface area (Å²) in [6, 6.07) is 0. The summed E-state index contributed by atoms with van der Waals surface area (Å²) in [6.07, 6.45) is 0. The zero-order valence-electron chi connectivity index (χ0n) is 8.23. The Bertz CT molecular complexity index is 435. The zero-order valence-corrected chi connectivity index (χ0v) is 10.4. The molecule has 0 atom stereocenters. The number of methoxy groups -OCH3 is 1. The van der Waals surface area contributed by atoms with Crippen LogP contribution in [0.3, 0.4) is 0 Å². The molecule has 1 amide bonds. The maximum atomic E-state index is 13.6. The normalized spacial score (nSPS) is 10.1. The lowest BCUT2D eigenvalue weighted by atomic mass is 10.0. The summed E-state index contributed by atoms with van der Waals surface area (Å²) in [5.74, 6) is -1.40. The SMILES string of the molecule is COc1c(N)c(C(N)=O)c(C)c(I)c1F. The van der Waals surface area contributed by atoms with Crippen molar-refractivity contribution in [2.45, 2.75) is 6.92 Å². The van der Waals surface area contributed by atoms with Crippen molar-refractivity contribution in [1.82, 2.24) is 0 Å². The molecule has 0 radical (unpaired) electrons. The third-order valence-corrected chi connectivity index (χ3v) is 3.34. The van der Waals surface area contributed by atoms with Crippen LogP contribution in [-0.2, 0) is 0 Å². The fourth-order valence-electron chi connectivity index (χ4n) is 1.32. The molecule has 1 rings (SSSR count). The van der Waals surface area contributed by atoms with Crippen LogP contribution in [-0.4, -0.2) is 13.0 Å². The summed E-state index contributed by atoms with van der Waals surface area (Å²) >= 11 is 1.78. The lowest BCUT2D eigenvalue weighted by Gasteiger charge is -2.13. The second-order valence-electron chi connectivity index (χ2n) is 2.94. The summed E-state index contributed by atoms with van der Waals surface area (Å²) in [7, 11) is 1.28. The van der Waals surface area contributed by atoms with Gasteiger partial charge in [-0.25, -0.2) is 4.39 Å². The molecule has 15 heavy (non-hydrogen) atoms. The van der Waals surface area contributed by atoms with E-state index in [9.17, 15) is 9.18 Å². The van der Waals surface area contributed by atoms with E-state index in [-0.39, 0.29) is 20.6 Å². The maximum absolute atomic E-state index is 13.6. The molecule has 0 fully saturated rings. The Morgan fingerprint density at radius 1 is 1.53 bits per heavy atom. The molecular formula is C9H10FIN2O2. The Hall–Kier alpha value is -1.05. The van der Waals surface area contributed by atoms with E-state index in [4.69, 9.17) is 16.2 Å². The molecule has 4 nitrogen and oxygen atoms in total. The first kappa shape index (κ1) is 12.0. The second kappa shape index (κ2) is 4.21. The number of ether oxygens (including phenoxy) is 1. The van der Waals surface area contributed by atoms with E-state index in [2.05, 4.69) is 0 Å². The highest BCUT2D eigenvalue weighted by molar-refractivity contribution is 14.1. The minimum Gasteiger partial charge on any atom is -0.492 e. The van der Waals surface area contributed by atoms with Gasteiger partial charge in [0.2, 0.25) is 0 Å². The monoisotopic (exact) mass is 324 g/mol. The van der Waals surface area contributed by atoms with Crippen LogP contribution in [0.4, 0.5) is 10.1 Å². The number of carbonyl (C=O) groups excluding carboxylic acids is 1. The summed E-state index contributed by atoms with van der Waals surface area (Å²) in [4.78, 5) is 11.1. The lowest BCUT2D eigenvalue weighted by Crippen LogP contribution is -2.17. The molecule has 0 heterocycles. The first-order valence-corrected chi connectivity index (χ1v) is 5.10. The average Bonchev–Trinajstić information content (AvgIpc) is 2.15. The Morgan fingerprint density at radius 3 is 2.47 bits per heavy atom. The highest BCUT2D eigenvalue weighted by atomic mass is 127. The van der Waals surface area contributed by atoms with Gasteiger partial charge in [0, 0.05) is 0 Å². The maximum Gasteiger partial charge on any atom is 0.251 e. The minimum absolute atomic E-state index is 0.0552. The van der Waals surface area contributed by atoms with Gasteiger partial charge < -0.3 is 16.2 Å². The Morgan fingerprint density at radius 2 is 2.07 bits per heavy atom. The van der Waals surface area contributed by atoms with Crippen LogP contribution >= 0.6 is 22.6 Å². The number of anilines is 1. The third kappa shape index (κ3) is 1.85. The lowest BCUT2D eigenvalue weighted by molar-refractivity contribution is 0.1000. The number of benzene rings is 1. The molecule has 4 N–H and O–H groups in total. The van der Waals surface area contributed by atoms with Gasteiger partial charge >= 0.3 is 0 Å². The van der Waals surface area contributed by atoms with E-state index >= 15 is 0 Å². The molecule has 1 aromatic carbocycles. The van der Waals surface area contributed by atoms with E-state index in [1.54, 1.807) is 29.5 Å². The molecule has 0 saturated carbocycles. The largest absolute Gasteiger partial charge is 0.492 e. The van der Waals surface area contributed by atoms with Gasteiger partial charge in [0.05, 0.1) is 21.9 Å². The number of nitrogens with two attached hydrogens (primary N) is 2. The van der Waals surface area contributed by atoms with Crippen LogP contribution in [0.15, 0.2) is 0 Å². The molecule has 0 aliphatic carbocycles. The van der Waals surface area contributed by atoms with Crippen LogP contribution in [0.1, 0.15) is 15.9 Å². The Balaban J connectivity index is 3.68. The number of rotatable bonds is 2. The highest BCUT2D eigenvalue weighted by Gasteiger charge is 2.22. The van der Waals surface area contributed by atoms with E-state index in [1.807, 2.05) is 0 Å². The van der Waals surface area contributed by atoms with E-state index in [0.717, 1.165) is 0 Å². The summed E-state index contributed by atoms with van der Waals surface area (Å²) in [6.45, 7) is 1.58. The summed E-state index contributed by atoms with van der Waals surface area (Å²) in [5.41, 5.74) is 11.2. The number of hydrogen-bond donors (Lipinski definition) is 2. The Kier molecular flexibility index (Phi) is 3.38. The standard InChI is InChI=1S/C9H10FIN2O2/c1-3-4(9(13)14)7(12)8(15-2)5(10)6(3)11/h12H2,1-2H3,(H2,13,14). The predicted octanol–water partition coefficient (Wildman–Crippen LogP) is 1.43. The van der Waals surface area contributed by atoms with Gasteiger partial charge in [0.15, 0.2) is 11.6 Å². The van der Waals surface area contributed by atoms with Gasteiger partial charge in [0.1, 0.15) is 0 Å². The number of nitrogen functional groups attached to an aromatic ring is 1. The van der Waals surface area contributed by atoms with Crippen molar-refractivity contribution in [2.75, 3.05) is 12.8 Å². The molecule has 0 spiro atoms. The first-order chi connectivity index (χ1) is 6.91. The second-order valence-corrected chi connectivity index (χ2v) is 4.02. The van der Waals surface area contributed by atoms with Crippen molar-refractivity contribution >= 4 is 34.2 Å². The van der Waals surface area contributed by atoms with Gasteiger partial charge in [-0.3, -0.25) is 4.79 Å². The quantitative estimate of drug-likeness (QED) is 0.638. The summed E-state index contributed by atoms with van der Waals surface area (Å²) in [5, 5.41) is 0. The third-order valence-electron chi connectivity index (χ3n) is 2.06. The van der Waals surface area contributed by atoms with Crippen LogP contribution < -0.4 is 16.2 Å². The van der Waals surface area contributed by atoms with Crippen LogP contribution in [0.25, 0.3) is 0 Å². The van der Waals surface area contributed by atoms with Gasteiger partial charge in [0.25, 0.3) is 5.91 Å². The molecule has 0 saturated heterocycles. The summed E-state index contributed by atoms with van der Waals surface area (Å²) < 4.78 is 18.7. The van der Waals surface area contributed by atoms with Gasteiger partial charge in [-0.15, -0.1) is 0 Å². The van der Waals surface area contributed by atoms with Crippen molar-refractivity contribution in [3.05, 3.63) is 20.5 Å². The fourth-order valence-corrected chi connectivity index (χ4v) is 1.84. The molecular weight excluding hydrogens is 314 g/mol. The van der Waals surface area contributed by atoms with Crippen LogP contribution in [0, 0.1) is 16.3 Å². The molecule has 0 bridgehead atoms. The molecule has 0 aliphatic heterocycles. The van der Waals surface area contributed by atoms with E-state index in [1.165, 1.54) is 7.11 Å². The molecule has 0 aromatic heterocycles. The Labute approximate surface area is 99.9 Å². The zero-order chi connectivity index (χ0) is 11.7. The van der Waals surface area contributed by atoms with Crippen molar-refractivity contribution in [1.29, 1.82) is 0 Å².